The van der Waals surface area contributed by atoms with Gasteiger partial charge in [0, 0.05) is 19.6 Å². The Bertz CT molecular complexity index is 743. The Morgan fingerprint density at radius 1 is 1.14 bits per heavy atom. The highest BCUT2D eigenvalue weighted by Crippen LogP contribution is 2.19. The molecule has 0 radical (unpaired) electrons. The topological polar surface area (TPSA) is 69.7 Å². The molecule has 1 N–H and O–H groups in total. The second-order valence-electron chi connectivity index (χ2n) is 7.10. The Balaban J connectivity index is 1.97. The van der Waals surface area contributed by atoms with E-state index in [1.807, 2.05) is 0 Å². The van der Waals surface area contributed by atoms with E-state index in [1.54, 1.807) is 13.8 Å². The monoisotopic (exact) mass is 413 g/mol. The van der Waals surface area contributed by atoms with Crippen LogP contribution in [0.25, 0.3) is 0 Å². The van der Waals surface area contributed by atoms with E-state index in [1.165, 1.54) is 36.1 Å². The van der Waals surface area contributed by atoms with Crippen LogP contribution in [0.5, 0.6) is 0 Å². The number of rotatable bonds is 9. The van der Waals surface area contributed by atoms with Crippen molar-refractivity contribution in [3.63, 3.8) is 0 Å². The first kappa shape index (κ1) is 22.8. The van der Waals surface area contributed by atoms with Crippen molar-refractivity contribution in [3.05, 3.63) is 29.6 Å². The van der Waals surface area contributed by atoms with Crippen LogP contribution in [0.15, 0.2) is 23.1 Å². The molecule has 1 aromatic rings. The molecule has 1 aliphatic rings. The van der Waals surface area contributed by atoms with E-state index in [0.29, 0.717) is 19.6 Å². The van der Waals surface area contributed by atoms with Gasteiger partial charge in [0.15, 0.2) is 0 Å². The normalized spacial score (nSPS) is 16.1. The highest BCUT2D eigenvalue weighted by molar-refractivity contribution is 7.89. The number of hydrogen-bond acceptors (Lipinski definition) is 4. The van der Waals surface area contributed by atoms with E-state index in [0.717, 1.165) is 38.2 Å². The predicted octanol–water partition coefficient (Wildman–Crippen LogP) is 2.85. The largest absolute Gasteiger partial charge is 0.352 e. The maximum absolute atomic E-state index is 14.1. The van der Waals surface area contributed by atoms with Gasteiger partial charge in [-0.1, -0.05) is 26.7 Å². The molecule has 158 valence electrons. The summed E-state index contributed by atoms with van der Waals surface area (Å²) in [5.74, 6) is -1.30. The van der Waals surface area contributed by atoms with Crippen LogP contribution >= 0.6 is 0 Å². The van der Waals surface area contributed by atoms with Crippen molar-refractivity contribution >= 4 is 15.9 Å². The van der Waals surface area contributed by atoms with Crippen molar-refractivity contribution < 1.29 is 17.6 Å². The lowest BCUT2D eigenvalue weighted by Gasteiger charge is -2.20. The minimum atomic E-state index is -3.74. The Labute approximate surface area is 168 Å². The molecule has 1 amide bonds. The molecular formula is C20H32FN3O3S. The maximum Gasteiger partial charge on any atom is 0.254 e. The van der Waals surface area contributed by atoms with Gasteiger partial charge in [0.1, 0.15) is 5.82 Å². The van der Waals surface area contributed by atoms with Crippen molar-refractivity contribution in [2.45, 2.75) is 50.8 Å². The highest BCUT2D eigenvalue weighted by Gasteiger charge is 2.24. The van der Waals surface area contributed by atoms with Crippen LogP contribution in [0.4, 0.5) is 4.39 Å². The quantitative estimate of drug-likeness (QED) is 0.632. The number of nitrogens with zero attached hydrogens (tertiary/aromatic N) is 2. The highest BCUT2D eigenvalue weighted by atomic mass is 32.2. The van der Waals surface area contributed by atoms with Crippen molar-refractivity contribution in [3.8, 4) is 0 Å². The van der Waals surface area contributed by atoms with E-state index in [4.69, 9.17) is 0 Å². The molecule has 1 heterocycles. The fraction of sp³-hybridized carbons (Fsp3) is 0.650. The Morgan fingerprint density at radius 2 is 1.79 bits per heavy atom. The van der Waals surface area contributed by atoms with Gasteiger partial charge in [-0.05, 0) is 57.1 Å². The van der Waals surface area contributed by atoms with Crippen LogP contribution in [0.1, 0.15) is 56.3 Å². The fourth-order valence-corrected chi connectivity index (χ4v) is 5.00. The molecule has 0 atom stereocenters. The molecule has 0 spiro atoms. The first-order valence-electron chi connectivity index (χ1n) is 10.2. The summed E-state index contributed by atoms with van der Waals surface area (Å²) in [7, 11) is -3.74. The van der Waals surface area contributed by atoms with Gasteiger partial charge in [-0.3, -0.25) is 4.79 Å². The molecule has 1 aromatic carbocycles. The van der Waals surface area contributed by atoms with Gasteiger partial charge in [0.2, 0.25) is 10.0 Å². The van der Waals surface area contributed by atoms with Gasteiger partial charge in [-0.2, -0.15) is 4.31 Å². The molecule has 28 heavy (non-hydrogen) atoms. The lowest BCUT2D eigenvalue weighted by Crippen LogP contribution is -2.32. The molecule has 2 rings (SSSR count). The van der Waals surface area contributed by atoms with Gasteiger partial charge in [-0.25, -0.2) is 12.8 Å². The van der Waals surface area contributed by atoms with Crippen molar-refractivity contribution in [1.29, 1.82) is 0 Å². The number of hydrogen-bond donors (Lipinski definition) is 1. The lowest BCUT2D eigenvalue weighted by atomic mass is 10.2. The van der Waals surface area contributed by atoms with E-state index < -0.39 is 21.7 Å². The standard InChI is InChI=1S/C20H32FN3O3S/c1-3-24(4-2)28(26,27)17-10-11-19(21)18(16-17)20(25)22-12-9-15-23-13-7-5-6-8-14-23/h10-11,16H,3-9,12-15H2,1-2H3,(H,22,25). The first-order valence-corrected chi connectivity index (χ1v) is 11.6. The van der Waals surface area contributed by atoms with Crippen LogP contribution in [0.2, 0.25) is 0 Å². The molecule has 0 aromatic heterocycles. The second-order valence-corrected chi connectivity index (χ2v) is 9.03. The van der Waals surface area contributed by atoms with E-state index in [-0.39, 0.29) is 10.5 Å². The molecular weight excluding hydrogens is 381 g/mol. The molecule has 8 heteroatoms. The molecule has 6 nitrogen and oxygen atoms in total. The van der Waals surface area contributed by atoms with Gasteiger partial charge in [0.05, 0.1) is 10.5 Å². The molecule has 0 aliphatic carbocycles. The van der Waals surface area contributed by atoms with E-state index in [9.17, 15) is 17.6 Å². The number of likely N-dealkylation sites (tertiary alicyclic amines) is 1. The van der Waals surface area contributed by atoms with Gasteiger partial charge < -0.3 is 10.2 Å². The summed E-state index contributed by atoms with van der Waals surface area (Å²) in [6, 6.07) is 3.38. The minimum absolute atomic E-state index is 0.0627. The number of carbonyl (C=O) groups is 1. The zero-order chi connectivity index (χ0) is 20.6. The van der Waals surface area contributed by atoms with Crippen LogP contribution in [-0.2, 0) is 10.0 Å². The second kappa shape index (κ2) is 10.9. The van der Waals surface area contributed by atoms with Crippen LogP contribution < -0.4 is 5.32 Å². The molecule has 0 saturated carbocycles. The van der Waals surface area contributed by atoms with Crippen LogP contribution in [0.3, 0.4) is 0 Å². The summed E-state index contributed by atoms with van der Waals surface area (Å²) < 4.78 is 40.6. The number of halogens is 1. The van der Waals surface area contributed by atoms with Crippen LogP contribution in [-0.4, -0.2) is 62.8 Å². The first-order chi connectivity index (χ1) is 13.4. The Hall–Kier alpha value is -1.51. The average Bonchev–Trinajstić information content (AvgIpc) is 2.95. The molecule has 1 aliphatic heterocycles. The third kappa shape index (κ3) is 5.99. The zero-order valence-electron chi connectivity index (χ0n) is 16.9. The molecule has 1 saturated heterocycles. The summed E-state index contributed by atoms with van der Waals surface area (Å²) >= 11 is 0. The SMILES string of the molecule is CCN(CC)S(=O)(=O)c1ccc(F)c(C(=O)NCCCN2CCCCCC2)c1. The Kier molecular flexibility index (Phi) is 8.85. The van der Waals surface area contributed by atoms with E-state index >= 15 is 0 Å². The number of amides is 1. The summed E-state index contributed by atoms with van der Waals surface area (Å²) in [6.07, 6.45) is 5.76. The number of carbonyl (C=O) groups excluding carboxylic acids is 1. The average molecular weight is 414 g/mol. The lowest BCUT2D eigenvalue weighted by molar-refractivity contribution is 0.0947. The van der Waals surface area contributed by atoms with Crippen LogP contribution in [0, 0.1) is 5.82 Å². The molecule has 1 fully saturated rings. The summed E-state index contributed by atoms with van der Waals surface area (Å²) in [5, 5.41) is 2.72. The van der Waals surface area contributed by atoms with Crippen molar-refractivity contribution in [2.75, 3.05) is 39.3 Å². The minimum Gasteiger partial charge on any atom is -0.352 e. The molecule has 0 unspecified atom stereocenters. The molecule has 0 bridgehead atoms. The third-order valence-corrected chi connectivity index (χ3v) is 7.21. The van der Waals surface area contributed by atoms with Crippen molar-refractivity contribution in [1.82, 2.24) is 14.5 Å². The van der Waals surface area contributed by atoms with Crippen molar-refractivity contribution in [2.24, 2.45) is 0 Å². The fourth-order valence-electron chi connectivity index (χ4n) is 3.51. The summed E-state index contributed by atoms with van der Waals surface area (Å²) in [4.78, 5) is 14.7. The summed E-state index contributed by atoms with van der Waals surface area (Å²) in [6.45, 7) is 7.62. The Morgan fingerprint density at radius 3 is 2.39 bits per heavy atom. The maximum atomic E-state index is 14.1. The summed E-state index contributed by atoms with van der Waals surface area (Å²) in [5.41, 5.74) is -0.233. The van der Waals surface area contributed by atoms with E-state index in [2.05, 4.69) is 10.2 Å². The predicted molar refractivity (Wildman–Crippen MR) is 108 cm³/mol. The smallest absolute Gasteiger partial charge is 0.254 e. The number of nitrogens with one attached hydrogen (secondary N) is 1. The number of benzene rings is 1. The zero-order valence-corrected chi connectivity index (χ0v) is 17.7. The number of sulfonamides is 1. The third-order valence-electron chi connectivity index (χ3n) is 5.16. The van der Waals surface area contributed by atoms with Gasteiger partial charge >= 0.3 is 0 Å². The van der Waals surface area contributed by atoms with Gasteiger partial charge in [-0.15, -0.1) is 0 Å². The van der Waals surface area contributed by atoms with Gasteiger partial charge in [0.25, 0.3) is 5.91 Å².